The van der Waals surface area contributed by atoms with E-state index in [4.69, 9.17) is 8.83 Å². The van der Waals surface area contributed by atoms with E-state index in [1.54, 1.807) is 0 Å². The number of hydrogen-bond acceptors (Lipinski definition) is 3. The minimum absolute atomic E-state index is 0.145. The summed E-state index contributed by atoms with van der Waals surface area (Å²) in [7, 11) is 0. The molecule has 0 fully saturated rings. The summed E-state index contributed by atoms with van der Waals surface area (Å²) in [5, 5.41) is 9.46. The van der Waals surface area contributed by atoms with Crippen molar-refractivity contribution in [3.63, 3.8) is 0 Å². The molecule has 0 spiro atoms. The fourth-order valence-corrected chi connectivity index (χ4v) is 11.9. The van der Waals surface area contributed by atoms with E-state index in [-0.39, 0.29) is 10.8 Å². The molecule has 2 heterocycles. The first-order valence-corrected chi connectivity index (χ1v) is 22.1. The monoisotopic (exact) mass is 807 g/mol. The van der Waals surface area contributed by atoms with Gasteiger partial charge >= 0.3 is 0 Å². The molecule has 3 heteroatoms. The van der Waals surface area contributed by atoms with Crippen LogP contribution in [0.5, 0.6) is 0 Å². The van der Waals surface area contributed by atoms with Crippen LogP contribution >= 0.6 is 0 Å². The van der Waals surface area contributed by atoms with E-state index in [1.165, 1.54) is 82.4 Å². The van der Waals surface area contributed by atoms with E-state index in [9.17, 15) is 0 Å². The summed E-state index contributed by atoms with van der Waals surface area (Å²) in [6, 6.07) is 64.8. The summed E-state index contributed by atoms with van der Waals surface area (Å²) in [5.74, 6) is 0. The molecule has 0 N–H and O–H groups in total. The van der Waals surface area contributed by atoms with Gasteiger partial charge in [0.25, 0.3) is 0 Å². The van der Waals surface area contributed by atoms with E-state index >= 15 is 0 Å². The van der Waals surface area contributed by atoms with Crippen molar-refractivity contribution >= 4 is 82.5 Å². The Morgan fingerprint density at radius 3 is 1.48 bits per heavy atom. The Kier molecular flexibility index (Phi) is 6.70. The van der Waals surface area contributed by atoms with Crippen LogP contribution in [0.3, 0.4) is 0 Å². The van der Waals surface area contributed by atoms with Crippen LogP contribution in [0.2, 0.25) is 0 Å². The number of anilines is 3. The average molecular weight is 808 g/mol. The van der Waals surface area contributed by atoms with Gasteiger partial charge in [0.1, 0.15) is 22.3 Å². The van der Waals surface area contributed by atoms with Crippen LogP contribution in [-0.2, 0) is 10.8 Å². The van der Waals surface area contributed by atoms with Gasteiger partial charge in [-0.2, -0.15) is 0 Å². The Balaban J connectivity index is 0.988. The lowest BCUT2D eigenvalue weighted by molar-refractivity contribution is 0.660. The Hall–Kier alpha value is -7.62. The number of rotatable bonds is 4. The summed E-state index contributed by atoms with van der Waals surface area (Å²) in [6.45, 7) is 9.45. The second kappa shape index (κ2) is 12.1. The molecule has 0 unspecified atom stereocenters. The van der Waals surface area contributed by atoms with Crippen molar-refractivity contribution in [2.24, 2.45) is 0 Å². The van der Waals surface area contributed by atoms with Crippen molar-refractivity contribution < 1.29 is 8.83 Å². The third-order valence-corrected chi connectivity index (χ3v) is 14.8. The van der Waals surface area contributed by atoms with Gasteiger partial charge in [0.15, 0.2) is 0 Å². The third-order valence-electron chi connectivity index (χ3n) is 14.8. The van der Waals surface area contributed by atoms with Crippen molar-refractivity contribution in [1.29, 1.82) is 0 Å². The van der Waals surface area contributed by atoms with E-state index in [2.05, 4.69) is 209 Å². The molecule has 0 radical (unpaired) electrons. The lowest BCUT2D eigenvalue weighted by Gasteiger charge is -2.30. The zero-order valence-corrected chi connectivity index (χ0v) is 35.5. The summed E-state index contributed by atoms with van der Waals surface area (Å²) >= 11 is 0. The van der Waals surface area contributed by atoms with Gasteiger partial charge in [0.2, 0.25) is 0 Å². The van der Waals surface area contributed by atoms with E-state index < -0.39 is 0 Å². The van der Waals surface area contributed by atoms with Gasteiger partial charge in [-0.25, -0.2) is 0 Å². The highest BCUT2D eigenvalue weighted by atomic mass is 16.3. The van der Waals surface area contributed by atoms with Crippen LogP contribution < -0.4 is 4.90 Å². The van der Waals surface area contributed by atoms with Crippen molar-refractivity contribution in [3.05, 3.63) is 198 Å². The maximum atomic E-state index is 6.93. The van der Waals surface area contributed by atoms with Crippen LogP contribution in [0.4, 0.5) is 17.1 Å². The Bertz CT molecular complexity index is 3820. The van der Waals surface area contributed by atoms with Crippen molar-refractivity contribution in [3.8, 4) is 33.4 Å². The lowest BCUT2D eigenvalue weighted by atomic mass is 9.82. The van der Waals surface area contributed by atoms with Crippen molar-refractivity contribution in [1.82, 2.24) is 0 Å². The van der Waals surface area contributed by atoms with E-state index in [0.717, 1.165) is 55.7 Å². The molecule has 0 bridgehead atoms. The molecule has 0 aliphatic heterocycles. The van der Waals surface area contributed by atoms with Gasteiger partial charge in [-0.3, -0.25) is 0 Å². The largest absolute Gasteiger partial charge is 0.456 e. The van der Waals surface area contributed by atoms with Gasteiger partial charge in [0.05, 0.1) is 11.1 Å². The molecule has 0 saturated heterocycles. The average Bonchev–Trinajstić information content (AvgIpc) is 4.02. The number of hydrogen-bond donors (Lipinski definition) is 0. The van der Waals surface area contributed by atoms with Gasteiger partial charge in [-0.15, -0.1) is 0 Å². The second-order valence-electron chi connectivity index (χ2n) is 18.8. The smallest absolute Gasteiger partial charge is 0.137 e. The first kappa shape index (κ1) is 35.0. The zero-order valence-electron chi connectivity index (χ0n) is 35.5. The van der Waals surface area contributed by atoms with Crippen LogP contribution in [0.15, 0.2) is 185 Å². The highest BCUT2D eigenvalue weighted by molar-refractivity contribution is 6.35. The van der Waals surface area contributed by atoms with E-state index in [0.29, 0.717) is 0 Å². The molecule has 0 saturated carbocycles. The molecule has 12 aromatic rings. The SMILES string of the molecule is CC1(C)c2ccccc2-c2ccc(N(c3ccc4c(c3)C(C)(C)c3ccccc3-4)c3cccc4oc5cc(-c6cccc7c8cccc9oc%10cccc(c67)c%10c98)ccc5c34)cc21. The summed E-state index contributed by atoms with van der Waals surface area (Å²) < 4.78 is 13.3. The normalized spacial score (nSPS) is 14.6. The molecule has 298 valence electrons. The summed E-state index contributed by atoms with van der Waals surface area (Å²) in [4.78, 5) is 2.47. The Morgan fingerprint density at radius 2 is 0.825 bits per heavy atom. The standard InChI is InChI=1S/C60H41NO2/c1-59(2)46-19-7-5-13-38(46)40-29-26-35(32-48(40)59)61(36-27-30-41-39-14-6-8-20-47(39)60(3,4)49(41)33-36)50-21-12-24-51-56(50)44-28-25-34(31-54(44)63-51)37-15-9-16-42-43-17-10-22-52-57(43)58-45(55(37)42)18-11-23-53(58)62-52/h5-33H,1-4H3. The molecule has 0 amide bonds. The molecule has 10 aromatic carbocycles. The number of furan rings is 2. The predicted molar refractivity (Wildman–Crippen MR) is 262 cm³/mol. The summed E-state index contributed by atoms with van der Waals surface area (Å²) in [5.41, 5.74) is 19.6. The molecule has 0 atom stereocenters. The Morgan fingerprint density at radius 1 is 0.333 bits per heavy atom. The van der Waals surface area contributed by atoms with Crippen LogP contribution in [0.1, 0.15) is 49.9 Å². The predicted octanol–water partition coefficient (Wildman–Crippen LogP) is 17.0. The summed E-state index contributed by atoms with van der Waals surface area (Å²) in [6.07, 6.45) is 0. The van der Waals surface area contributed by atoms with Gasteiger partial charge in [0, 0.05) is 38.4 Å². The third kappa shape index (κ3) is 4.54. The van der Waals surface area contributed by atoms with Crippen LogP contribution in [0.25, 0.3) is 98.8 Å². The van der Waals surface area contributed by atoms with Crippen molar-refractivity contribution in [2.75, 3.05) is 4.90 Å². The quantitative estimate of drug-likeness (QED) is 0.166. The fourth-order valence-electron chi connectivity index (χ4n) is 11.9. The number of benzene rings is 10. The lowest BCUT2D eigenvalue weighted by Crippen LogP contribution is -2.18. The molecular weight excluding hydrogens is 767 g/mol. The molecular formula is C60H41NO2. The second-order valence-corrected chi connectivity index (χ2v) is 18.8. The van der Waals surface area contributed by atoms with Crippen LogP contribution in [-0.4, -0.2) is 0 Å². The maximum absolute atomic E-state index is 6.93. The molecule has 2 aliphatic carbocycles. The molecule has 2 aromatic heterocycles. The highest BCUT2D eigenvalue weighted by Crippen LogP contribution is 2.54. The molecule has 14 rings (SSSR count). The Labute approximate surface area is 364 Å². The molecule has 2 aliphatic rings. The topological polar surface area (TPSA) is 29.5 Å². The molecule has 63 heavy (non-hydrogen) atoms. The first-order chi connectivity index (χ1) is 30.8. The zero-order chi connectivity index (χ0) is 41.9. The van der Waals surface area contributed by atoms with Gasteiger partial charge in [-0.05, 0) is 138 Å². The molecule has 3 nitrogen and oxygen atoms in total. The minimum atomic E-state index is -0.145. The fraction of sp³-hybridized carbons (Fsp3) is 0.100. The van der Waals surface area contributed by atoms with Gasteiger partial charge in [-0.1, -0.05) is 143 Å². The number of nitrogens with zero attached hydrogens (tertiary/aromatic N) is 1. The minimum Gasteiger partial charge on any atom is -0.456 e. The maximum Gasteiger partial charge on any atom is 0.137 e. The highest BCUT2D eigenvalue weighted by Gasteiger charge is 2.38. The first-order valence-electron chi connectivity index (χ1n) is 22.1. The van der Waals surface area contributed by atoms with Crippen molar-refractivity contribution in [2.45, 2.75) is 38.5 Å². The van der Waals surface area contributed by atoms with Gasteiger partial charge < -0.3 is 13.7 Å². The van der Waals surface area contributed by atoms with E-state index in [1.807, 2.05) is 0 Å². The van der Waals surface area contributed by atoms with Crippen LogP contribution in [0, 0.1) is 0 Å². The number of fused-ring (bicyclic) bond motifs is 12.